The van der Waals surface area contributed by atoms with Gasteiger partial charge in [-0.15, -0.1) is 0 Å². The Bertz CT molecular complexity index is 787. The van der Waals surface area contributed by atoms with Crippen LogP contribution in [0.15, 0.2) is 34.7 Å². The highest BCUT2D eigenvalue weighted by Crippen LogP contribution is 2.26. The average molecular weight is 404 g/mol. The van der Waals surface area contributed by atoms with Gasteiger partial charge in [0.05, 0.1) is 32.6 Å². The largest absolute Gasteiger partial charge is 0.495 e. The molecular weight excluding hydrogens is 374 g/mol. The molecule has 0 saturated carbocycles. The van der Waals surface area contributed by atoms with Crippen LogP contribution in [0.5, 0.6) is 5.75 Å². The molecule has 0 amide bonds. The summed E-state index contributed by atoms with van der Waals surface area (Å²) in [7, 11) is 1.67. The molecule has 28 heavy (non-hydrogen) atoms. The maximum Gasteiger partial charge on any atom is 0.173 e. The van der Waals surface area contributed by atoms with Gasteiger partial charge in [-0.1, -0.05) is 6.07 Å². The molecule has 6 nitrogen and oxygen atoms in total. The first-order valence-electron chi connectivity index (χ1n) is 9.61. The summed E-state index contributed by atoms with van der Waals surface area (Å²) >= 11 is 5.76. The molecule has 0 atom stereocenters. The van der Waals surface area contributed by atoms with Gasteiger partial charge in [-0.2, -0.15) is 0 Å². The number of benzene rings is 1. The van der Waals surface area contributed by atoms with Crippen molar-refractivity contribution in [3.8, 4) is 5.75 Å². The van der Waals surface area contributed by atoms with Crippen molar-refractivity contribution in [2.45, 2.75) is 20.4 Å². The summed E-state index contributed by atoms with van der Waals surface area (Å²) in [4.78, 5) is 4.55. The minimum atomic E-state index is 0.623. The van der Waals surface area contributed by atoms with Gasteiger partial charge in [0.15, 0.2) is 5.11 Å². The smallest absolute Gasteiger partial charge is 0.173 e. The van der Waals surface area contributed by atoms with Gasteiger partial charge in [0, 0.05) is 26.2 Å². The molecule has 0 unspecified atom stereocenters. The van der Waals surface area contributed by atoms with Crippen molar-refractivity contribution < 1.29 is 13.9 Å². The second-order valence-corrected chi connectivity index (χ2v) is 7.41. The van der Waals surface area contributed by atoms with Crippen LogP contribution >= 0.6 is 12.2 Å². The van der Waals surface area contributed by atoms with Gasteiger partial charge in [0.2, 0.25) is 0 Å². The fraction of sp³-hybridized carbons (Fsp3) is 0.476. The second kappa shape index (κ2) is 9.91. The van der Waals surface area contributed by atoms with Crippen molar-refractivity contribution in [1.29, 1.82) is 0 Å². The molecule has 1 N–H and O–H groups in total. The summed E-state index contributed by atoms with van der Waals surface area (Å²) < 4.78 is 16.7. The zero-order chi connectivity index (χ0) is 19.9. The number of morpholine rings is 1. The molecule has 7 heteroatoms. The van der Waals surface area contributed by atoms with E-state index in [-0.39, 0.29) is 0 Å². The Kier molecular flexibility index (Phi) is 7.30. The fourth-order valence-electron chi connectivity index (χ4n) is 3.21. The molecule has 0 radical (unpaired) electrons. The fourth-order valence-corrected chi connectivity index (χ4v) is 3.48. The van der Waals surface area contributed by atoms with Crippen LogP contribution in [0.2, 0.25) is 0 Å². The summed E-state index contributed by atoms with van der Waals surface area (Å²) in [6.45, 7) is 9.86. The minimum absolute atomic E-state index is 0.623. The lowest BCUT2D eigenvalue weighted by Crippen LogP contribution is -2.43. The second-order valence-electron chi connectivity index (χ2n) is 7.02. The highest BCUT2D eigenvalue weighted by atomic mass is 32.1. The lowest BCUT2D eigenvalue weighted by Gasteiger charge is -2.31. The highest BCUT2D eigenvalue weighted by Gasteiger charge is 2.17. The van der Waals surface area contributed by atoms with Gasteiger partial charge in [-0.3, -0.25) is 4.90 Å². The molecular formula is C21H29N3O3S. The van der Waals surface area contributed by atoms with Gasteiger partial charge < -0.3 is 24.1 Å². The average Bonchev–Trinajstić information content (AvgIpc) is 3.11. The third-order valence-corrected chi connectivity index (χ3v) is 5.18. The van der Waals surface area contributed by atoms with E-state index in [9.17, 15) is 0 Å². The van der Waals surface area contributed by atoms with Crippen molar-refractivity contribution in [1.82, 2.24) is 9.80 Å². The molecule has 3 rings (SSSR count). The zero-order valence-electron chi connectivity index (χ0n) is 16.9. The summed E-state index contributed by atoms with van der Waals surface area (Å²) in [5, 5.41) is 4.02. The quantitative estimate of drug-likeness (QED) is 0.711. The van der Waals surface area contributed by atoms with Crippen molar-refractivity contribution in [2.75, 3.05) is 51.8 Å². The number of nitrogens with zero attached hydrogens (tertiary/aromatic N) is 2. The SMILES string of the molecule is COc1ccc(C)cc1NC(=S)N(CCN1CCOCC1)Cc1ccc(C)o1. The Labute approximate surface area is 172 Å². The Balaban J connectivity index is 1.70. The van der Waals surface area contributed by atoms with Crippen LogP contribution in [-0.2, 0) is 11.3 Å². The lowest BCUT2D eigenvalue weighted by atomic mass is 10.2. The first-order chi connectivity index (χ1) is 13.5. The molecule has 152 valence electrons. The summed E-state index contributed by atoms with van der Waals surface area (Å²) in [5.74, 6) is 2.58. The molecule has 0 spiro atoms. The van der Waals surface area contributed by atoms with Crippen molar-refractivity contribution >= 4 is 23.0 Å². The third-order valence-electron chi connectivity index (χ3n) is 4.82. The van der Waals surface area contributed by atoms with E-state index < -0.39 is 0 Å². The number of aryl methyl sites for hydroxylation is 2. The Morgan fingerprint density at radius 1 is 1.21 bits per heavy atom. The first kappa shape index (κ1) is 20.6. The predicted molar refractivity (Wildman–Crippen MR) is 115 cm³/mol. The number of hydrogen-bond donors (Lipinski definition) is 1. The maximum absolute atomic E-state index is 5.78. The van der Waals surface area contributed by atoms with Crippen LogP contribution in [0.25, 0.3) is 0 Å². The maximum atomic E-state index is 5.78. The third kappa shape index (κ3) is 5.70. The number of anilines is 1. The molecule has 1 aliphatic rings. The van der Waals surface area contributed by atoms with E-state index in [0.29, 0.717) is 11.7 Å². The summed E-state index contributed by atoms with van der Waals surface area (Å²) in [6, 6.07) is 10.0. The van der Waals surface area contributed by atoms with Crippen LogP contribution < -0.4 is 10.1 Å². The normalized spacial score (nSPS) is 14.7. The lowest BCUT2D eigenvalue weighted by molar-refractivity contribution is 0.0356. The molecule has 1 aromatic heterocycles. The Morgan fingerprint density at radius 2 is 2.00 bits per heavy atom. The van der Waals surface area contributed by atoms with Gasteiger partial charge in [-0.05, 0) is 55.9 Å². The molecule has 2 aromatic rings. The van der Waals surface area contributed by atoms with Crippen molar-refractivity contribution in [3.63, 3.8) is 0 Å². The van der Waals surface area contributed by atoms with Crippen molar-refractivity contribution in [2.24, 2.45) is 0 Å². The monoisotopic (exact) mass is 403 g/mol. The minimum Gasteiger partial charge on any atom is -0.495 e. The Hall–Kier alpha value is -2.09. The van der Waals surface area contributed by atoms with E-state index >= 15 is 0 Å². The highest BCUT2D eigenvalue weighted by molar-refractivity contribution is 7.80. The van der Waals surface area contributed by atoms with E-state index in [1.165, 1.54) is 0 Å². The summed E-state index contributed by atoms with van der Waals surface area (Å²) in [6.07, 6.45) is 0. The molecule has 1 fully saturated rings. The van der Waals surface area contributed by atoms with Crippen LogP contribution in [0.4, 0.5) is 5.69 Å². The molecule has 1 aromatic carbocycles. The number of hydrogen-bond acceptors (Lipinski definition) is 5. The number of rotatable bonds is 7. The van der Waals surface area contributed by atoms with E-state index in [1.54, 1.807) is 7.11 Å². The van der Waals surface area contributed by atoms with Crippen LogP contribution in [-0.4, -0.2) is 61.4 Å². The van der Waals surface area contributed by atoms with E-state index in [4.69, 9.17) is 26.1 Å². The van der Waals surface area contributed by atoms with Gasteiger partial charge in [0.25, 0.3) is 0 Å². The molecule has 1 saturated heterocycles. The molecule has 1 aliphatic heterocycles. The molecule has 0 bridgehead atoms. The number of thiocarbonyl (C=S) groups is 1. The topological polar surface area (TPSA) is 50.1 Å². The van der Waals surface area contributed by atoms with Crippen molar-refractivity contribution in [3.05, 3.63) is 47.4 Å². The van der Waals surface area contributed by atoms with Gasteiger partial charge >= 0.3 is 0 Å². The van der Waals surface area contributed by atoms with Crippen LogP contribution in [0, 0.1) is 13.8 Å². The first-order valence-corrected chi connectivity index (χ1v) is 10.0. The standard InChI is InChI=1S/C21H29N3O3S/c1-16-4-7-20(25-3)19(14-16)22-21(28)24(15-18-6-5-17(2)27-18)9-8-23-10-12-26-13-11-23/h4-7,14H,8-13,15H2,1-3H3,(H,22,28). The van der Waals surface area contributed by atoms with Gasteiger partial charge in [0.1, 0.15) is 17.3 Å². The van der Waals surface area contributed by atoms with E-state index in [0.717, 1.165) is 67.9 Å². The number of nitrogens with one attached hydrogen (secondary N) is 1. The van der Waals surface area contributed by atoms with Gasteiger partial charge in [-0.25, -0.2) is 0 Å². The van der Waals surface area contributed by atoms with E-state index in [1.807, 2.05) is 37.3 Å². The van der Waals surface area contributed by atoms with Crippen LogP contribution in [0.1, 0.15) is 17.1 Å². The van der Waals surface area contributed by atoms with E-state index in [2.05, 4.69) is 22.0 Å². The molecule has 0 aliphatic carbocycles. The summed E-state index contributed by atoms with van der Waals surface area (Å²) in [5.41, 5.74) is 2.02. The Morgan fingerprint density at radius 3 is 2.68 bits per heavy atom. The predicted octanol–water partition coefficient (Wildman–Crippen LogP) is 3.44. The number of ether oxygens (including phenoxy) is 2. The zero-order valence-corrected chi connectivity index (χ0v) is 17.7. The van der Waals surface area contributed by atoms with Crippen LogP contribution in [0.3, 0.4) is 0 Å². The number of methoxy groups -OCH3 is 1. The number of furan rings is 1. The molecule has 2 heterocycles.